The molecular weight excluding hydrogens is 514 g/mol. The maximum atomic E-state index is 12.5. The third-order valence-electron chi connectivity index (χ3n) is 7.82. The number of aryl methyl sites for hydroxylation is 2. The van der Waals surface area contributed by atoms with Crippen LogP contribution in [0.1, 0.15) is 11.4 Å². The van der Waals surface area contributed by atoms with Crippen molar-refractivity contribution in [1.29, 1.82) is 0 Å². The molecule has 1 aromatic carbocycles. The monoisotopic (exact) mass is 547 g/mol. The van der Waals surface area contributed by atoms with Gasteiger partial charge in [0.25, 0.3) is 0 Å². The molecular formula is C32H33N7O2. The summed E-state index contributed by atoms with van der Waals surface area (Å²) < 4.78 is 7.94. The number of piperidine rings is 1. The molecule has 1 aliphatic heterocycles. The third kappa shape index (κ3) is 5.26. The Morgan fingerprint density at radius 1 is 1.15 bits per heavy atom. The normalized spacial score (nSPS) is 19.4. The number of anilines is 1. The zero-order chi connectivity index (χ0) is 28.7. The van der Waals surface area contributed by atoms with Crippen molar-refractivity contribution in [2.24, 2.45) is 24.8 Å². The van der Waals surface area contributed by atoms with Crippen molar-refractivity contribution in [3.63, 3.8) is 0 Å². The van der Waals surface area contributed by atoms with E-state index in [1.165, 1.54) is 6.33 Å². The largest absolute Gasteiger partial charge is 0.439 e. The molecule has 208 valence electrons. The van der Waals surface area contributed by atoms with Crippen LogP contribution in [0.4, 0.5) is 5.82 Å². The second-order valence-electron chi connectivity index (χ2n) is 11.0. The maximum absolute atomic E-state index is 12.5. The number of rotatable bonds is 6. The predicted octanol–water partition coefficient (Wildman–Crippen LogP) is 3.89. The first-order valence-electron chi connectivity index (χ1n) is 13.7. The van der Waals surface area contributed by atoms with Crippen LogP contribution in [-0.2, 0) is 11.8 Å². The van der Waals surface area contributed by atoms with Crippen LogP contribution < -0.4 is 10.5 Å². The van der Waals surface area contributed by atoms with Gasteiger partial charge in [-0.1, -0.05) is 30.2 Å². The number of carbonyl (C=O) groups is 1. The Kier molecular flexibility index (Phi) is 6.93. The van der Waals surface area contributed by atoms with Crippen molar-refractivity contribution in [2.45, 2.75) is 6.92 Å². The first-order chi connectivity index (χ1) is 19.8. The number of likely N-dealkylation sites (N-methyl/N-ethyl adjacent to an activating group) is 1. The molecule has 9 heteroatoms. The Balaban J connectivity index is 1.25. The standard InChI is InChI=1S/C32H33N7O2/c1-20-7-5-8-27(36-20)41-22-12-10-21(11-13-22)29-26(38(4)32-30(29)31(33)34-19-35-32)15-14-23-24-17-39(18-25(23)24)28(40)9-6-16-37(2)3/h5-13,19,23-25H,16-18H2,1-4H3,(H2,33,34,35)/b9-6+/t23-,24-,25+. The van der Waals surface area contributed by atoms with Gasteiger partial charge in [0.2, 0.25) is 11.8 Å². The van der Waals surface area contributed by atoms with Crippen molar-refractivity contribution < 1.29 is 9.53 Å². The molecule has 0 radical (unpaired) electrons. The summed E-state index contributed by atoms with van der Waals surface area (Å²) in [6.07, 6.45) is 5.08. The van der Waals surface area contributed by atoms with Crippen LogP contribution in [0.2, 0.25) is 0 Å². The maximum Gasteiger partial charge on any atom is 0.246 e. The van der Waals surface area contributed by atoms with Gasteiger partial charge in [0, 0.05) is 56.0 Å². The number of amides is 1. The number of carbonyl (C=O) groups excluding carboxylic acids is 1. The molecule has 0 unspecified atom stereocenters. The predicted molar refractivity (Wildman–Crippen MR) is 159 cm³/mol. The lowest BCUT2D eigenvalue weighted by Crippen LogP contribution is -2.30. The molecule has 9 nitrogen and oxygen atoms in total. The number of nitrogens with zero attached hydrogens (tertiary/aromatic N) is 6. The summed E-state index contributed by atoms with van der Waals surface area (Å²) in [4.78, 5) is 29.7. The summed E-state index contributed by atoms with van der Waals surface area (Å²) >= 11 is 0. The lowest BCUT2D eigenvalue weighted by molar-refractivity contribution is -0.125. The molecule has 1 saturated heterocycles. The molecule has 4 aromatic rings. The number of nitrogens with two attached hydrogens (primary N) is 1. The Morgan fingerprint density at radius 3 is 2.61 bits per heavy atom. The summed E-state index contributed by atoms with van der Waals surface area (Å²) in [5.41, 5.74) is 10.7. The average molecular weight is 548 g/mol. The van der Waals surface area contributed by atoms with Gasteiger partial charge < -0.3 is 24.8 Å². The van der Waals surface area contributed by atoms with Gasteiger partial charge >= 0.3 is 0 Å². The number of hydrogen-bond acceptors (Lipinski definition) is 7. The van der Waals surface area contributed by atoms with Gasteiger partial charge in [0.1, 0.15) is 29.2 Å². The van der Waals surface area contributed by atoms with Gasteiger partial charge in [0.05, 0.1) is 5.39 Å². The van der Waals surface area contributed by atoms with E-state index < -0.39 is 0 Å². The zero-order valence-corrected chi connectivity index (χ0v) is 23.7. The molecule has 4 heterocycles. The van der Waals surface area contributed by atoms with E-state index in [0.717, 1.165) is 53.2 Å². The summed E-state index contributed by atoms with van der Waals surface area (Å²) in [5.74, 6) is 9.83. The van der Waals surface area contributed by atoms with E-state index in [-0.39, 0.29) is 11.8 Å². The van der Waals surface area contributed by atoms with Gasteiger partial charge in [0.15, 0.2) is 0 Å². The van der Waals surface area contributed by atoms with E-state index in [0.29, 0.717) is 29.3 Å². The fourth-order valence-electron chi connectivity index (χ4n) is 5.63. The van der Waals surface area contributed by atoms with Crippen LogP contribution in [0.5, 0.6) is 11.6 Å². The molecule has 1 amide bonds. The molecule has 1 saturated carbocycles. The summed E-state index contributed by atoms with van der Waals surface area (Å²) in [7, 11) is 5.93. The van der Waals surface area contributed by atoms with Crippen molar-refractivity contribution in [2.75, 3.05) is 39.5 Å². The minimum Gasteiger partial charge on any atom is -0.439 e. The second-order valence-corrected chi connectivity index (χ2v) is 11.0. The van der Waals surface area contributed by atoms with Gasteiger partial charge in [-0.3, -0.25) is 4.79 Å². The lowest BCUT2D eigenvalue weighted by atomic mass is 10.0. The van der Waals surface area contributed by atoms with Crippen LogP contribution in [-0.4, -0.2) is 69.0 Å². The van der Waals surface area contributed by atoms with Gasteiger partial charge in [-0.15, -0.1) is 0 Å². The molecule has 6 rings (SSSR count). The molecule has 3 aromatic heterocycles. The van der Waals surface area contributed by atoms with E-state index >= 15 is 0 Å². The van der Waals surface area contributed by atoms with Gasteiger partial charge in [-0.05, 0) is 62.5 Å². The van der Waals surface area contributed by atoms with Crippen molar-refractivity contribution >= 4 is 22.8 Å². The summed E-state index contributed by atoms with van der Waals surface area (Å²) in [6.45, 7) is 4.20. The van der Waals surface area contributed by atoms with Crippen LogP contribution in [0.15, 0.2) is 60.9 Å². The zero-order valence-electron chi connectivity index (χ0n) is 23.7. The molecule has 0 spiro atoms. The highest BCUT2D eigenvalue weighted by Gasteiger charge is 2.55. The number of nitrogen functional groups attached to an aromatic ring is 1. The molecule has 2 fully saturated rings. The number of fused-ring (bicyclic) bond motifs is 2. The minimum absolute atomic E-state index is 0.0846. The van der Waals surface area contributed by atoms with Crippen LogP contribution in [0.25, 0.3) is 22.2 Å². The number of aromatic nitrogens is 4. The number of likely N-dealkylation sites (tertiary alicyclic amines) is 1. The Labute approximate surface area is 239 Å². The quantitative estimate of drug-likeness (QED) is 0.289. The number of pyridine rings is 1. The van der Waals surface area contributed by atoms with Crippen molar-refractivity contribution in [3.8, 4) is 34.6 Å². The number of benzene rings is 1. The fraction of sp³-hybridized carbons (Fsp3) is 0.312. The molecule has 1 aliphatic carbocycles. The Bertz CT molecular complexity index is 1700. The van der Waals surface area contributed by atoms with Gasteiger partial charge in [-0.25, -0.2) is 15.0 Å². The van der Waals surface area contributed by atoms with Gasteiger partial charge in [-0.2, -0.15) is 0 Å². The van der Waals surface area contributed by atoms with E-state index in [1.807, 2.05) is 91.0 Å². The Morgan fingerprint density at radius 2 is 1.90 bits per heavy atom. The summed E-state index contributed by atoms with van der Waals surface area (Å²) in [6, 6.07) is 13.5. The smallest absolute Gasteiger partial charge is 0.246 e. The number of ether oxygens (including phenoxy) is 1. The first kappa shape index (κ1) is 26.5. The van der Waals surface area contributed by atoms with E-state index in [9.17, 15) is 4.79 Å². The van der Waals surface area contributed by atoms with Crippen LogP contribution in [0, 0.1) is 36.5 Å². The fourth-order valence-corrected chi connectivity index (χ4v) is 5.63. The van der Waals surface area contributed by atoms with Crippen LogP contribution in [0.3, 0.4) is 0 Å². The topological polar surface area (TPSA) is 102 Å². The average Bonchev–Trinajstić information content (AvgIpc) is 3.24. The van der Waals surface area contributed by atoms with Crippen molar-refractivity contribution in [3.05, 3.63) is 72.3 Å². The van der Waals surface area contributed by atoms with E-state index in [2.05, 4.69) is 26.8 Å². The summed E-state index contributed by atoms with van der Waals surface area (Å²) in [5, 5.41) is 0.783. The molecule has 2 aliphatic rings. The second kappa shape index (κ2) is 10.7. The highest BCUT2D eigenvalue weighted by Crippen LogP contribution is 2.51. The van der Waals surface area contributed by atoms with E-state index in [4.69, 9.17) is 10.5 Å². The lowest BCUT2D eigenvalue weighted by Gasteiger charge is -2.16. The van der Waals surface area contributed by atoms with Crippen LogP contribution >= 0.6 is 0 Å². The van der Waals surface area contributed by atoms with E-state index in [1.54, 1.807) is 6.08 Å². The highest BCUT2D eigenvalue weighted by atomic mass is 16.5. The molecule has 0 bridgehead atoms. The number of hydrogen-bond donors (Lipinski definition) is 1. The van der Waals surface area contributed by atoms with Crippen molar-refractivity contribution in [1.82, 2.24) is 29.3 Å². The molecule has 3 atom stereocenters. The molecule has 41 heavy (non-hydrogen) atoms. The SMILES string of the molecule is Cc1cccc(Oc2ccc(-c3c(C#C[C@@H]4[C@H]5CN(C(=O)/C=C/CN(C)C)C[C@@H]45)n(C)c4ncnc(N)c34)cc2)n1. The minimum atomic E-state index is 0.0846. The highest BCUT2D eigenvalue weighted by molar-refractivity contribution is 6.03. The third-order valence-corrected chi connectivity index (χ3v) is 7.82. The first-order valence-corrected chi connectivity index (χ1v) is 13.7. The Hall–Kier alpha value is -4.68. The molecule has 2 N–H and O–H groups in total.